The number of nitrogens with one attached hydrogen (secondary N) is 2. The van der Waals surface area contributed by atoms with Crippen molar-refractivity contribution in [3.8, 4) is 0 Å². The fourth-order valence-electron chi connectivity index (χ4n) is 3.12. The zero-order valence-corrected chi connectivity index (χ0v) is 9.29. The predicted molar refractivity (Wildman–Crippen MR) is 57.7 cm³/mol. The molecule has 3 rings (SSSR count). The summed E-state index contributed by atoms with van der Waals surface area (Å²) in [4.78, 5) is 24.9. The number of likely N-dealkylation sites (tertiary alicyclic amines) is 1. The van der Waals surface area contributed by atoms with Crippen molar-refractivity contribution in [1.82, 2.24) is 15.5 Å². The van der Waals surface area contributed by atoms with Crippen LogP contribution in [0.5, 0.6) is 0 Å². The molecule has 3 heterocycles. The highest BCUT2D eigenvalue weighted by atomic mass is 16.2. The molecule has 0 radical (unpaired) electrons. The van der Waals surface area contributed by atoms with Crippen LogP contribution in [0.15, 0.2) is 0 Å². The number of amides is 2. The van der Waals surface area contributed by atoms with E-state index in [0.29, 0.717) is 12.8 Å². The number of carbonyl (C=O) groups is 2. The van der Waals surface area contributed by atoms with E-state index < -0.39 is 0 Å². The maximum Gasteiger partial charge on any atom is 0.243 e. The number of carbonyl (C=O) groups excluding carboxylic acids is 2. The molecule has 3 fully saturated rings. The van der Waals surface area contributed by atoms with E-state index in [1.54, 1.807) is 0 Å². The molecular weight excluding hydrogens is 206 g/mol. The van der Waals surface area contributed by atoms with E-state index in [1.807, 2.05) is 0 Å². The highest BCUT2D eigenvalue weighted by Gasteiger charge is 2.49. The van der Waals surface area contributed by atoms with E-state index in [9.17, 15) is 9.59 Å². The van der Waals surface area contributed by atoms with Crippen LogP contribution in [-0.4, -0.2) is 47.9 Å². The van der Waals surface area contributed by atoms with Gasteiger partial charge in [0.15, 0.2) is 0 Å². The molecule has 0 aromatic carbocycles. The predicted octanol–water partition coefficient (Wildman–Crippen LogP) is -0.771. The van der Waals surface area contributed by atoms with Gasteiger partial charge in [-0.2, -0.15) is 0 Å². The van der Waals surface area contributed by atoms with E-state index in [2.05, 4.69) is 15.5 Å². The standard InChI is InChI=1S/C11H17N3O2/c15-9-3-2-8(10(16)13-9)14-6-11(7-14)4-1-5-12-11/h8,12H,1-7H2,(H,13,15,16). The average Bonchev–Trinajstić information content (AvgIpc) is 2.65. The molecule has 0 aromatic rings. The van der Waals surface area contributed by atoms with E-state index >= 15 is 0 Å². The van der Waals surface area contributed by atoms with Gasteiger partial charge in [-0.25, -0.2) is 0 Å². The lowest BCUT2D eigenvalue weighted by Gasteiger charge is -2.51. The summed E-state index contributed by atoms with van der Waals surface area (Å²) in [5, 5.41) is 5.94. The molecule has 16 heavy (non-hydrogen) atoms. The summed E-state index contributed by atoms with van der Waals surface area (Å²) >= 11 is 0. The Kier molecular flexibility index (Phi) is 2.26. The van der Waals surface area contributed by atoms with E-state index in [-0.39, 0.29) is 23.4 Å². The zero-order chi connectivity index (χ0) is 11.2. The van der Waals surface area contributed by atoms with Crippen LogP contribution in [0.3, 0.4) is 0 Å². The molecule has 88 valence electrons. The Morgan fingerprint density at radius 3 is 2.75 bits per heavy atom. The SMILES string of the molecule is O=C1CCC(N2CC3(CCCN3)C2)C(=O)N1. The first-order valence-electron chi connectivity index (χ1n) is 6.01. The van der Waals surface area contributed by atoms with E-state index in [0.717, 1.165) is 19.6 Å². The molecule has 1 spiro atoms. The Morgan fingerprint density at radius 1 is 1.31 bits per heavy atom. The van der Waals surface area contributed by atoms with Gasteiger partial charge in [-0.1, -0.05) is 0 Å². The van der Waals surface area contributed by atoms with Crippen LogP contribution in [-0.2, 0) is 9.59 Å². The maximum absolute atomic E-state index is 11.6. The molecular formula is C11H17N3O2. The van der Waals surface area contributed by atoms with Gasteiger partial charge in [-0.05, 0) is 25.8 Å². The Morgan fingerprint density at radius 2 is 2.12 bits per heavy atom. The third kappa shape index (κ3) is 1.55. The van der Waals surface area contributed by atoms with Crippen molar-refractivity contribution >= 4 is 11.8 Å². The van der Waals surface area contributed by atoms with Gasteiger partial charge in [0.1, 0.15) is 0 Å². The Labute approximate surface area is 94.6 Å². The smallest absolute Gasteiger partial charge is 0.243 e. The van der Waals surface area contributed by atoms with Crippen LogP contribution < -0.4 is 10.6 Å². The van der Waals surface area contributed by atoms with Crippen molar-refractivity contribution in [1.29, 1.82) is 0 Å². The minimum atomic E-state index is -0.129. The van der Waals surface area contributed by atoms with Crippen LogP contribution in [0.25, 0.3) is 0 Å². The molecule has 0 aromatic heterocycles. The number of piperidine rings is 1. The Balaban J connectivity index is 1.60. The van der Waals surface area contributed by atoms with Crippen LogP contribution in [0.2, 0.25) is 0 Å². The number of rotatable bonds is 1. The summed E-state index contributed by atoms with van der Waals surface area (Å²) in [6, 6.07) is -0.0780. The lowest BCUT2D eigenvalue weighted by atomic mass is 9.85. The minimum Gasteiger partial charge on any atom is -0.309 e. The molecule has 0 bridgehead atoms. The number of hydrogen-bond donors (Lipinski definition) is 2. The van der Waals surface area contributed by atoms with Crippen LogP contribution >= 0.6 is 0 Å². The quantitative estimate of drug-likeness (QED) is 0.573. The molecule has 3 saturated heterocycles. The molecule has 2 N–H and O–H groups in total. The zero-order valence-electron chi connectivity index (χ0n) is 9.29. The number of hydrogen-bond acceptors (Lipinski definition) is 4. The molecule has 5 nitrogen and oxygen atoms in total. The second kappa shape index (κ2) is 3.53. The van der Waals surface area contributed by atoms with Crippen LogP contribution in [0.4, 0.5) is 0 Å². The summed E-state index contributed by atoms with van der Waals surface area (Å²) < 4.78 is 0. The van der Waals surface area contributed by atoms with Crippen molar-refractivity contribution in [2.75, 3.05) is 19.6 Å². The summed E-state index contributed by atoms with van der Waals surface area (Å²) in [5.41, 5.74) is 0.280. The van der Waals surface area contributed by atoms with Gasteiger partial charge in [-0.3, -0.25) is 19.8 Å². The fraction of sp³-hybridized carbons (Fsp3) is 0.818. The molecule has 3 aliphatic heterocycles. The average molecular weight is 223 g/mol. The summed E-state index contributed by atoms with van der Waals surface area (Å²) in [6.45, 7) is 3.02. The first-order valence-corrected chi connectivity index (χ1v) is 6.01. The highest BCUT2D eigenvalue weighted by molar-refractivity contribution is 6.00. The third-order valence-electron chi connectivity index (χ3n) is 3.99. The second-order valence-corrected chi connectivity index (χ2v) is 5.18. The molecule has 0 aliphatic carbocycles. The molecule has 0 saturated carbocycles. The summed E-state index contributed by atoms with van der Waals surface area (Å²) in [7, 11) is 0. The lowest BCUT2D eigenvalue weighted by Crippen LogP contribution is -2.71. The van der Waals surface area contributed by atoms with Crippen molar-refractivity contribution in [3.05, 3.63) is 0 Å². The largest absolute Gasteiger partial charge is 0.309 e. The topological polar surface area (TPSA) is 61.4 Å². The highest BCUT2D eigenvalue weighted by Crippen LogP contribution is 2.32. The third-order valence-corrected chi connectivity index (χ3v) is 3.99. The lowest BCUT2D eigenvalue weighted by molar-refractivity contribution is -0.140. The van der Waals surface area contributed by atoms with Crippen LogP contribution in [0.1, 0.15) is 25.7 Å². The van der Waals surface area contributed by atoms with Gasteiger partial charge in [0.2, 0.25) is 11.8 Å². The molecule has 1 atom stereocenters. The van der Waals surface area contributed by atoms with E-state index in [1.165, 1.54) is 12.8 Å². The van der Waals surface area contributed by atoms with Gasteiger partial charge in [0, 0.05) is 25.0 Å². The second-order valence-electron chi connectivity index (χ2n) is 5.18. The summed E-state index contributed by atoms with van der Waals surface area (Å²) in [5.74, 6) is -0.237. The summed E-state index contributed by atoms with van der Waals surface area (Å²) in [6.07, 6.45) is 3.62. The van der Waals surface area contributed by atoms with E-state index in [4.69, 9.17) is 0 Å². The molecule has 1 unspecified atom stereocenters. The maximum atomic E-state index is 11.6. The van der Waals surface area contributed by atoms with Crippen molar-refractivity contribution in [2.24, 2.45) is 0 Å². The molecule has 5 heteroatoms. The molecule has 2 amide bonds. The van der Waals surface area contributed by atoms with Gasteiger partial charge in [0.05, 0.1) is 6.04 Å². The van der Waals surface area contributed by atoms with Crippen molar-refractivity contribution in [3.63, 3.8) is 0 Å². The van der Waals surface area contributed by atoms with Crippen LogP contribution in [0, 0.1) is 0 Å². The molecule has 3 aliphatic rings. The van der Waals surface area contributed by atoms with Gasteiger partial charge < -0.3 is 5.32 Å². The first-order chi connectivity index (χ1) is 7.69. The van der Waals surface area contributed by atoms with Crippen molar-refractivity contribution in [2.45, 2.75) is 37.3 Å². The first kappa shape index (κ1) is 10.2. The Bertz CT molecular complexity index is 328. The monoisotopic (exact) mass is 223 g/mol. The minimum absolute atomic E-state index is 0.0780. The normalized spacial score (nSPS) is 33.9. The van der Waals surface area contributed by atoms with Crippen molar-refractivity contribution < 1.29 is 9.59 Å². The fourth-order valence-corrected chi connectivity index (χ4v) is 3.12. The van der Waals surface area contributed by atoms with Gasteiger partial charge >= 0.3 is 0 Å². The Hall–Kier alpha value is -0.940. The van der Waals surface area contributed by atoms with Gasteiger partial charge in [0.25, 0.3) is 0 Å². The number of imide groups is 1. The van der Waals surface area contributed by atoms with Gasteiger partial charge in [-0.15, -0.1) is 0 Å². The number of nitrogens with zero attached hydrogens (tertiary/aromatic N) is 1.